The van der Waals surface area contributed by atoms with Crippen LogP contribution < -0.4 is 24.3 Å². The van der Waals surface area contributed by atoms with Gasteiger partial charge in [0.05, 0.1) is 26.8 Å². The predicted molar refractivity (Wildman–Crippen MR) is 140 cm³/mol. The van der Waals surface area contributed by atoms with E-state index >= 15 is 0 Å². The molecule has 0 aliphatic heterocycles. The number of ether oxygens (including phenoxy) is 4. The molecule has 0 spiro atoms. The normalized spacial score (nSPS) is 10.8. The number of hydrogen-bond donors (Lipinski definition) is 1. The number of methoxy groups -OCH3 is 3. The minimum Gasteiger partial charge on any atom is -0.497 e. The highest BCUT2D eigenvalue weighted by molar-refractivity contribution is 6.09. The molecular weight excluding hydrogens is 456 g/mol. The molecule has 4 aromatic carbocycles. The number of carbonyl (C=O) groups excluding carboxylic acids is 1. The smallest absolute Gasteiger partial charge is 0.255 e. The Morgan fingerprint density at radius 3 is 2.22 bits per heavy atom. The summed E-state index contributed by atoms with van der Waals surface area (Å²) in [5.41, 5.74) is 1.99. The third-order valence-electron chi connectivity index (χ3n) is 5.89. The summed E-state index contributed by atoms with van der Waals surface area (Å²) in [5.74, 6) is 3.00. The van der Waals surface area contributed by atoms with Crippen molar-refractivity contribution in [2.75, 3.05) is 26.6 Å². The first kappa shape index (κ1) is 23.0. The third-order valence-corrected chi connectivity index (χ3v) is 5.89. The lowest BCUT2D eigenvalue weighted by molar-refractivity contribution is 0.102. The van der Waals surface area contributed by atoms with Gasteiger partial charge in [-0.3, -0.25) is 9.78 Å². The van der Waals surface area contributed by atoms with Crippen molar-refractivity contribution in [2.24, 2.45) is 0 Å². The summed E-state index contributed by atoms with van der Waals surface area (Å²) in [4.78, 5) is 17.2. The summed E-state index contributed by atoms with van der Waals surface area (Å²) in [6.45, 7) is 0. The minimum atomic E-state index is -0.196. The number of nitrogens with one attached hydrogen (secondary N) is 1. The molecule has 1 heterocycles. The van der Waals surface area contributed by atoms with Crippen LogP contribution in [0.15, 0.2) is 85.1 Å². The number of rotatable bonds is 7. The molecule has 1 amide bonds. The summed E-state index contributed by atoms with van der Waals surface area (Å²) in [6, 6.07) is 24.0. The van der Waals surface area contributed by atoms with Crippen LogP contribution in [0.3, 0.4) is 0 Å². The topological polar surface area (TPSA) is 78.9 Å². The quantitative estimate of drug-likeness (QED) is 0.288. The first-order valence-electron chi connectivity index (χ1n) is 11.3. The first-order valence-corrected chi connectivity index (χ1v) is 11.3. The zero-order valence-corrected chi connectivity index (χ0v) is 20.1. The van der Waals surface area contributed by atoms with Crippen LogP contribution in [0.25, 0.3) is 21.7 Å². The second kappa shape index (κ2) is 9.84. The molecule has 0 bridgehead atoms. The molecule has 0 saturated carbocycles. The van der Waals surface area contributed by atoms with Crippen molar-refractivity contribution in [1.82, 2.24) is 4.98 Å². The molecule has 1 N–H and O–H groups in total. The SMILES string of the molecule is COc1ccc(C(=O)Nc2cccc3cc(Oc4ccnc5cc(OC)c(OC)cc45)ccc23)cc1. The van der Waals surface area contributed by atoms with Gasteiger partial charge in [0.1, 0.15) is 17.2 Å². The van der Waals surface area contributed by atoms with Crippen molar-refractivity contribution >= 4 is 33.3 Å². The minimum absolute atomic E-state index is 0.196. The van der Waals surface area contributed by atoms with Crippen LogP contribution in [0.5, 0.6) is 28.7 Å². The molecule has 0 fully saturated rings. The van der Waals surface area contributed by atoms with Crippen LogP contribution in [0.1, 0.15) is 10.4 Å². The highest BCUT2D eigenvalue weighted by Crippen LogP contribution is 2.37. The molecule has 1 aromatic heterocycles. The summed E-state index contributed by atoms with van der Waals surface area (Å²) in [7, 11) is 4.77. The molecule has 36 heavy (non-hydrogen) atoms. The van der Waals surface area contributed by atoms with Gasteiger partial charge in [-0.05, 0) is 66.0 Å². The van der Waals surface area contributed by atoms with Crippen molar-refractivity contribution in [3.8, 4) is 28.7 Å². The van der Waals surface area contributed by atoms with Gasteiger partial charge in [-0.2, -0.15) is 0 Å². The highest BCUT2D eigenvalue weighted by Gasteiger charge is 2.13. The molecule has 0 atom stereocenters. The van der Waals surface area contributed by atoms with Crippen molar-refractivity contribution in [2.45, 2.75) is 0 Å². The number of nitrogens with zero attached hydrogens (tertiary/aromatic N) is 1. The third kappa shape index (κ3) is 4.46. The van der Waals surface area contributed by atoms with Crippen molar-refractivity contribution in [3.05, 3.63) is 90.6 Å². The molecule has 0 radical (unpaired) electrons. The Hall–Kier alpha value is -4.78. The maximum absolute atomic E-state index is 12.8. The monoisotopic (exact) mass is 480 g/mol. The number of aromatic nitrogens is 1. The maximum Gasteiger partial charge on any atom is 0.255 e. The molecule has 0 unspecified atom stereocenters. The number of hydrogen-bond acceptors (Lipinski definition) is 6. The zero-order valence-electron chi connectivity index (χ0n) is 20.1. The van der Waals surface area contributed by atoms with Crippen molar-refractivity contribution < 1.29 is 23.7 Å². The van der Waals surface area contributed by atoms with Gasteiger partial charge in [-0.15, -0.1) is 0 Å². The van der Waals surface area contributed by atoms with E-state index in [0.717, 1.165) is 21.7 Å². The number of amides is 1. The molecule has 5 rings (SSSR count). The molecule has 7 nitrogen and oxygen atoms in total. The van der Waals surface area contributed by atoms with Gasteiger partial charge in [0.15, 0.2) is 11.5 Å². The molecule has 5 aromatic rings. The molecule has 0 aliphatic carbocycles. The molecular formula is C29H24N2O5. The van der Waals surface area contributed by atoms with E-state index in [-0.39, 0.29) is 5.91 Å². The van der Waals surface area contributed by atoms with E-state index in [4.69, 9.17) is 18.9 Å². The lowest BCUT2D eigenvalue weighted by Gasteiger charge is -2.13. The summed E-state index contributed by atoms with van der Waals surface area (Å²) in [5, 5.41) is 5.63. The van der Waals surface area contributed by atoms with E-state index in [1.165, 1.54) is 0 Å². The van der Waals surface area contributed by atoms with Gasteiger partial charge < -0.3 is 24.3 Å². The van der Waals surface area contributed by atoms with Crippen LogP contribution >= 0.6 is 0 Å². The van der Waals surface area contributed by atoms with Crippen LogP contribution in [0.4, 0.5) is 5.69 Å². The summed E-state index contributed by atoms with van der Waals surface area (Å²) >= 11 is 0. The van der Waals surface area contributed by atoms with Crippen LogP contribution in [0.2, 0.25) is 0 Å². The van der Waals surface area contributed by atoms with E-state index < -0.39 is 0 Å². The summed E-state index contributed by atoms with van der Waals surface area (Å²) < 4.78 is 22.2. The van der Waals surface area contributed by atoms with E-state index in [1.807, 2.05) is 54.6 Å². The fourth-order valence-corrected chi connectivity index (χ4v) is 4.03. The van der Waals surface area contributed by atoms with Crippen LogP contribution in [-0.2, 0) is 0 Å². The Morgan fingerprint density at radius 2 is 1.47 bits per heavy atom. The zero-order chi connectivity index (χ0) is 25.1. The maximum atomic E-state index is 12.8. The Kier molecular flexibility index (Phi) is 6.28. The van der Waals surface area contributed by atoms with Crippen LogP contribution in [-0.4, -0.2) is 32.2 Å². The Morgan fingerprint density at radius 1 is 0.722 bits per heavy atom. The van der Waals surface area contributed by atoms with Crippen molar-refractivity contribution in [3.63, 3.8) is 0 Å². The van der Waals surface area contributed by atoms with E-state index in [9.17, 15) is 4.79 Å². The van der Waals surface area contributed by atoms with Gasteiger partial charge in [-0.1, -0.05) is 12.1 Å². The van der Waals surface area contributed by atoms with Gasteiger partial charge in [-0.25, -0.2) is 0 Å². The van der Waals surface area contributed by atoms with Gasteiger partial charge in [0, 0.05) is 34.3 Å². The largest absolute Gasteiger partial charge is 0.497 e. The van der Waals surface area contributed by atoms with E-state index in [2.05, 4.69) is 10.3 Å². The van der Waals surface area contributed by atoms with Gasteiger partial charge in [0.2, 0.25) is 0 Å². The average molecular weight is 481 g/mol. The number of pyridine rings is 1. The number of benzene rings is 4. The first-order chi connectivity index (χ1) is 17.6. The molecule has 0 aliphatic rings. The van der Waals surface area contributed by atoms with Crippen molar-refractivity contribution in [1.29, 1.82) is 0 Å². The number of carbonyl (C=O) groups is 1. The Bertz CT molecular complexity index is 1560. The van der Waals surface area contributed by atoms with Gasteiger partial charge in [0.25, 0.3) is 5.91 Å². The second-order valence-corrected chi connectivity index (χ2v) is 8.01. The lowest BCUT2D eigenvalue weighted by Crippen LogP contribution is -2.12. The summed E-state index contributed by atoms with van der Waals surface area (Å²) in [6.07, 6.45) is 1.69. The standard InChI is InChI=1S/C29H24N2O5/c1-33-20-9-7-18(8-10-20)29(32)31-24-6-4-5-19-15-21(11-12-22(19)24)36-26-13-14-30-25-17-28(35-3)27(34-2)16-23(25)26/h4-17H,1-3H3,(H,31,32). The fourth-order valence-electron chi connectivity index (χ4n) is 4.03. The Labute approximate surface area is 208 Å². The second-order valence-electron chi connectivity index (χ2n) is 8.01. The average Bonchev–Trinajstić information content (AvgIpc) is 2.92. The Balaban J connectivity index is 1.43. The van der Waals surface area contributed by atoms with E-state index in [1.54, 1.807) is 51.8 Å². The molecule has 0 saturated heterocycles. The van der Waals surface area contributed by atoms with E-state index in [0.29, 0.717) is 40.0 Å². The highest BCUT2D eigenvalue weighted by atomic mass is 16.5. The fraction of sp³-hybridized carbons (Fsp3) is 0.103. The van der Waals surface area contributed by atoms with Gasteiger partial charge >= 0.3 is 0 Å². The molecule has 7 heteroatoms. The number of fused-ring (bicyclic) bond motifs is 2. The number of anilines is 1. The molecule has 180 valence electrons. The van der Waals surface area contributed by atoms with Crippen LogP contribution in [0, 0.1) is 0 Å². The predicted octanol–water partition coefficient (Wildman–Crippen LogP) is 6.46. The lowest BCUT2D eigenvalue weighted by atomic mass is 10.1.